The number of ether oxygens (including phenoxy) is 1. The standard InChI is InChI=1S/C12H18N4O4/c1-3-20-7-6-15(2)12(17)9-4-5-11(16(18)19)10(8-9)14-13/h4-5,8,14H,3,6-7,13H2,1-2H3. The van der Waals surface area contributed by atoms with E-state index in [-0.39, 0.29) is 17.3 Å². The van der Waals surface area contributed by atoms with Gasteiger partial charge < -0.3 is 15.1 Å². The van der Waals surface area contributed by atoms with Gasteiger partial charge in [-0.3, -0.25) is 20.8 Å². The molecule has 0 atom stereocenters. The van der Waals surface area contributed by atoms with E-state index >= 15 is 0 Å². The smallest absolute Gasteiger partial charge is 0.293 e. The monoisotopic (exact) mass is 282 g/mol. The molecule has 0 bridgehead atoms. The Kier molecular flexibility index (Phi) is 5.88. The molecule has 1 amide bonds. The van der Waals surface area contributed by atoms with Crippen molar-refractivity contribution in [3.63, 3.8) is 0 Å². The Morgan fingerprint density at radius 1 is 1.55 bits per heavy atom. The van der Waals surface area contributed by atoms with Gasteiger partial charge in [-0.1, -0.05) is 0 Å². The Bertz CT molecular complexity index is 492. The number of anilines is 1. The Hall–Kier alpha value is -2.19. The maximum Gasteiger partial charge on any atom is 0.293 e. The largest absolute Gasteiger partial charge is 0.380 e. The Balaban J connectivity index is 2.85. The summed E-state index contributed by atoms with van der Waals surface area (Å²) < 4.78 is 5.17. The molecule has 8 heteroatoms. The molecule has 0 aliphatic carbocycles. The summed E-state index contributed by atoms with van der Waals surface area (Å²) in [6.45, 7) is 3.33. The van der Waals surface area contributed by atoms with E-state index in [1.54, 1.807) is 7.05 Å². The fraction of sp³-hybridized carbons (Fsp3) is 0.417. The highest BCUT2D eigenvalue weighted by Gasteiger charge is 2.18. The first-order valence-electron chi connectivity index (χ1n) is 6.09. The van der Waals surface area contributed by atoms with Crippen LogP contribution in [0.4, 0.5) is 11.4 Å². The summed E-state index contributed by atoms with van der Waals surface area (Å²) in [5, 5.41) is 10.8. The average Bonchev–Trinajstić information content (AvgIpc) is 2.45. The summed E-state index contributed by atoms with van der Waals surface area (Å²) in [6, 6.07) is 4.01. The number of hydrogen-bond acceptors (Lipinski definition) is 6. The highest BCUT2D eigenvalue weighted by atomic mass is 16.6. The van der Waals surface area contributed by atoms with Gasteiger partial charge in [-0.15, -0.1) is 0 Å². The number of nitrogens with two attached hydrogens (primary N) is 1. The van der Waals surface area contributed by atoms with Crippen molar-refractivity contribution in [3.8, 4) is 0 Å². The van der Waals surface area contributed by atoms with Crippen molar-refractivity contribution in [1.82, 2.24) is 4.90 Å². The van der Waals surface area contributed by atoms with Crippen LogP contribution in [0.25, 0.3) is 0 Å². The lowest BCUT2D eigenvalue weighted by Crippen LogP contribution is -2.30. The fourth-order valence-electron chi connectivity index (χ4n) is 1.61. The third-order valence-electron chi connectivity index (χ3n) is 2.72. The van der Waals surface area contributed by atoms with Crippen LogP contribution in [-0.2, 0) is 4.74 Å². The van der Waals surface area contributed by atoms with E-state index in [2.05, 4.69) is 5.43 Å². The van der Waals surface area contributed by atoms with Crippen molar-refractivity contribution < 1.29 is 14.5 Å². The molecule has 0 saturated heterocycles. The van der Waals surface area contributed by atoms with Crippen LogP contribution in [-0.4, -0.2) is 42.5 Å². The number of hydrazine groups is 1. The molecule has 0 fully saturated rings. The van der Waals surface area contributed by atoms with Crippen LogP contribution in [0, 0.1) is 10.1 Å². The Morgan fingerprint density at radius 3 is 2.80 bits per heavy atom. The van der Waals surface area contributed by atoms with Gasteiger partial charge in [0.25, 0.3) is 11.6 Å². The van der Waals surface area contributed by atoms with Gasteiger partial charge in [0.15, 0.2) is 0 Å². The molecular weight excluding hydrogens is 264 g/mol. The molecule has 0 saturated carbocycles. The number of benzene rings is 1. The topological polar surface area (TPSA) is 111 Å². The summed E-state index contributed by atoms with van der Waals surface area (Å²) in [5.74, 6) is 4.98. The number of nitrogens with one attached hydrogen (secondary N) is 1. The molecule has 20 heavy (non-hydrogen) atoms. The van der Waals surface area contributed by atoms with E-state index in [9.17, 15) is 14.9 Å². The van der Waals surface area contributed by atoms with Crippen LogP contribution in [0.2, 0.25) is 0 Å². The lowest BCUT2D eigenvalue weighted by Gasteiger charge is -2.17. The van der Waals surface area contributed by atoms with Crippen LogP contribution in [0.5, 0.6) is 0 Å². The maximum atomic E-state index is 12.1. The van der Waals surface area contributed by atoms with Gasteiger partial charge in [0.05, 0.1) is 11.5 Å². The quantitative estimate of drug-likeness (QED) is 0.334. The van der Waals surface area contributed by atoms with Gasteiger partial charge in [-0.25, -0.2) is 0 Å². The van der Waals surface area contributed by atoms with Crippen molar-refractivity contribution in [2.75, 3.05) is 32.2 Å². The van der Waals surface area contributed by atoms with Crippen molar-refractivity contribution in [2.24, 2.45) is 5.84 Å². The van der Waals surface area contributed by atoms with Crippen LogP contribution < -0.4 is 11.3 Å². The number of nitrogens with zero attached hydrogens (tertiary/aromatic N) is 2. The zero-order chi connectivity index (χ0) is 15.1. The number of carbonyl (C=O) groups is 1. The molecule has 110 valence electrons. The first-order valence-corrected chi connectivity index (χ1v) is 6.09. The first kappa shape index (κ1) is 15.9. The molecule has 0 aliphatic heterocycles. The summed E-state index contributed by atoms with van der Waals surface area (Å²) in [6.07, 6.45) is 0. The number of nitro benzene ring substituents is 1. The van der Waals surface area contributed by atoms with Gasteiger partial charge in [-0.2, -0.15) is 0 Å². The molecule has 0 spiro atoms. The molecule has 0 aliphatic rings. The first-order chi connectivity index (χ1) is 9.51. The van der Waals surface area contributed by atoms with E-state index in [1.165, 1.54) is 23.1 Å². The molecule has 0 heterocycles. The van der Waals surface area contributed by atoms with E-state index in [4.69, 9.17) is 10.6 Å². The molecule has 0 radical (unpaired) electrons. The highest BCUT2D eigenvalue weighted by Crippen LogP contribution is 2.24. The van der Waals surface area contributed by atoms with Gasteiger partial charge >= 0.3 is 0 Å². The SMILES string of the molecule is CCOCCN(C)C(=O)c1ccc([N+](=O)[O-])c(NN)c1. The maximum absolute atomic E-state index is 12.1. The lowest BCUT2D eigenvalue weighted by molar-refractivity contribution is -0.384. The van der Waals surface area contributed by atoms with E-state index < -0.39 is 4.92 Å². The molecule has 1 rings (SSSR count). The van der Waals surface area contributed by atoms with Crippen LogP contribution in [0.15, 0.2) is 18.2 Å². The molecular formula is C12H18N4O4. The molecule has 0 unspecified atom stereocenters. The number of hydrogen-bond donors (Lipinski definition) is 2. The number of nitro groups is 1. The van der Waals surface area contributed by atoms with Gasteiger partial charge in [0, 0.05) is 31.8 Å². The number of nitrogen functional groups attached to an aromatic ring is 1. The minimum atomic E-state index is -0.567. The van der Waals surface area contributed by atoms with Crippen LogP contribution in [0.3, 0.4) is 0 Å². The third kappa shape index (κ3) is 3.90. The minimum absolute atomic E-state index is 0.0964. The van der Waals surface area contributed by atoms with Gasteiger partial charge in [0.1, 0.15) is 5.69 Å². The van der Waals surface area contributed by atoms with E-state index in [0.717, 1.165) is 0 Å². The number of likely N-dealkylation sites (N-methyl/N-ethyl adjacent to an activating group) is 1. The average molecular weight is 282 g/mol. The van der Waals surface area contributed by atoms with E-state index in [1.807, 2.05) is 6.92 Å². The second-order valence-corrected chi connectivity index (χ2v) is 4.06. The number of carbonyl (C=O) groups excluding carboxylic acids is 1. The number of amides is 1. The van der Waals surface area contributed by atoms with Crippen molar-refractivity contribution in [2.45, 2.75) is 6.92 Å². The fourth-order valence-corrected chi connectivity index (χ4v) is 1.61. The van der Waals surface area contributed by atoms with Crippen LogP contribution >= 0.6 is 0 Å². The molecule has 0 aromatic heterocycles. The normalized spacial score (nSPS) is 10.2. The molecule has 1 aromatic carbocycles. The van der Waals surface area contributed by atoms with Crippen molar-refractivity contribution >= 4 is 17.3 Å². The van der Waals surface area contributed by atoms with Gasteiger partial charge in [-0.05, 0) is 19.1 Å². The summed E-state index contributed by atoms with van der Waals surface area (Å²) in [5.41, 5.74) is 2.46. The summed E-state index contributed by atoms with van der Waals surface area (Å²) >= 11 is 0. The third-order valence-corrected chi connectivity index (χ3v) is 2.72. The highest BCUT2D eigenvalue weighted by molar-refractivity contribution is 5.95. The van der Waals surface area contributed by atoms with Gasteiger partial charge in [0.2, 0.25) is 0 Å². The second kappa shape index (κ2) is 7.41. The predicted octanol–water partition coefficient (Wildman–Crippen LogP) is 0.989. The molecule has 1 aromatic rings. The Morgan fingerprint density at radius 2 is 2.25 bits per heavy atom. The summed E-state index contributed by atoms with van der Waals surface area (Å²) in [7, 11) is 1.64. The molecule has 8 nitrogen and oxygen atoms in total. The summed E-state index contributed by atoms with van der Waals surface area (Å²) in [4.78, 5) is 23.8. The Labute approximate surface area is 116 Å². The lowest BCUT2D eigenvalue weighted by atomic mass is 10.1. The van der Waals surface area contributed by atoms with Crippen LogP contribution in [0.1, 0.15) is 17.3 Å². The van der Waals surface area contributed by atoms with Crippen molar-refractivity contribution in [1.29, 1.82) is 0 Å². The minimum Gasteiger partial charge on any atom is -0.380 e. The second-order valence-electron chi connectivity index (χ2n) is 4.06. The zero-order valence-electron chi connectivity index (χ0n) is 11.5. The molecule has 3 N–H and O–H groups in total. The van der Waals surface area contributed by atoms with E-state index in [0.29, 0.717) is 25.3 Å². The van der Waals surface area contributed by atoms with Crippen molar-refractivity contribution in [3.05, 3.63) is 33.9 Å². The number of rotatable bonds is 7. The zero-order valence-corrected chi connectivity index (χ0v) is 11.5. The predicted molar refractivity (Wildman–Crippen MR) is 74.4 cm³/mol.